The third-order valence-electron chi connectivity index (χ3n) is 2.47. The zero-order chi connectivity index (χ0) is 15.7. The number of carbonyl (C=O) groups excluding carboxylic acids is 1. The average molecular weight is 287 g/mol. The molecule has 0 heterocycles. The summed E-state index contributed by atoms with van der Waals surface area (Å²) in [7, 11) is 1.51. The van der Waals surface area contributed by atoms with E-state index in [0.29, 0.717) is 23.7 Å². The van der Waals surface area contributed by atoms with Gasteiger partial charge >= 0.3 is 5.97 Å². The van der Waals surface area contributed by atoms with Gasteiger partial charge in [0.1, 0.15) is 18.2 Å². The number of benzene rings is 1. The lowest BCUT2D eigenvalue weighted by atomic mass is 10.1. The lowest BCUT2D eigenvalue weighted by Crippen LogP contribution is -2.06. The maximum Gasteiger partial charge on any atom is 0.348 e. The highest BCUT2D eigenvalue weighted by Gasteiger charge is 2.11. The Morgan fingerprint density at radius 1 is 1.43 bits per heavy atom. The standard InChI is InChI=1S/C16H17NO4/c1-4-8-21-14-7-6-12(10-15(14)19-3)9-13(11-17)16(18)20-5-2/h4,6-7,9-10H,1,5,8H2,2-3H3/b13-9+. The van der Waals surface area contributed by atoms with Crippen LogP contribution in [0, 0.1) is 11.3 Å². The topological polar surface area (TPSA) is 68.5 Å². The summed E-state index contributed by atoms with van der Waals surface area (Å²) in [6, 6.07) is 6.92. The predicted molar refractivity (Wildman–Crippen MR) is 78.9 cm³/mol. The Morgan fingerprint density at radius 3 is 2.76 bits per heavy atom. The van der Waals surface area contributed by atoms with Gasteiger partial charge < -0.3 is 14.2 Å². The van der Waals surface area contributed by atoms with Crippen LogP contribution in [0.15, 0.2) is 36.4 Å². The second kappa shape index (κ2) is 8.43. The van der Waals surface area contributed by atoms with E-state index in [9.17, 15) is 4.79 Å². The number of rotatable bonds is 7. The molecule has 5 nitrogen and oxygen atoms in total. The molecule has 0 spiro atoms. The van der Waals surface area contributed by atoms with Crippen LogP contribution < -0.4 is 9.47 Å². The van der Waals surface area contributed by atoms with E-state index in [2.05, 4.69) is 6.58 Å². The van der Waals surface area contributed by atoms with Crippen LogP contribution in [0.25, 0.3) is 6.08 Å². The number of hydrogen-bond acceptors (Lipinski definition) is 5. The van der Waals surface area contributed by atoms with Gasteiger partial charge in [-0.2, -0.15) is 5.26 Å². The van der Waals surface area contributed by atoms with Crippen LogP contribution in [0.3, 0.4) is 0 Å². The maximum atomic E-state index is 11.6. The van der Waals surface area contributed by atoms with Crippen molar-refractivity contribution in [3.63, 3.8) is 0 Å². The maximum absolute atomic E-state index is 11.6. The molecule has 0 N–H and O–H groups in total. The van der Waals surface area contributed by atoms with Crippen molar-refractivity contribution in [2.24, 2.45) is 0 Å². The van der Waals surface area contributed by atoms with Crippen LogP contribution in [0.2, 0.25) is 0 Å². The molecule has 0 aromatic heterocycles. The van der Waals surface area contributed by atoms with Gasteiger partial charge in [0.2, 0.25) is 0 Å². The van der Waals surface area contributed by atoms with Gasteiger partial charge in [0.05, 0.1) is 13.7 Å². The first-order valence-corrected chi connectivity index (χ1v) is 6.36. The SMILES string of the molecule is C=CCOc1ccc(/C=C(\C#N)C(=O)OCC)cc1OC. The number of carbonyl (C=O) groups is 1. The molecule has 0 aliphatic heterocycles. The smallest absolute Gasteiger partial charge is 0.348 e. The van der Waals surface area contributed by atoms with Gasteiger partial charge in [-0.15, -0.1) is 0 Å². The first-order valence-electron chi connectivity index (χ1n) is 6.36. The summed E-state index contributed by atoms with van der Waals surface area (Å²) in [6.45, 7) is 5.83. The van der Waals surface area contributed by atoms with E-state index in [1.54, 1.807) is 31.2 Å². The van der Waals surface area contributed by atoms with Crippen molar-refractivity contribution in [1.82, 2.24) is 0 Å². The molecule has 5 heteroatoms. The Bertz CT molecular complexity index is 584. The first kappa shape index (κ1) is 16.3. The first-order chi connectivity index (χ1) is 10.2. The van der Waals surface area contributed by atoms with Gasteiger partial charge in [-0.3, -0.25) is 0 Å². The molecule has 0 unspecified atom stereocenters. The fourth-order valence-corrected chi connectivity index (χ4v) is 1.55. The number of hydrogen-bond donors (Lipinski definition) is 0. The van der Waals surface area contributed by atoms with E-state index in [4.69, 9.17) is 19.5 Å². The number of esters is 1. The van der Waals surface area contributed by atoms with E-state index >= 15 is 0 Å². The van der Waals surface area contributed by atoms with Crippen molar-refractivity contribution in [1.29, 1.82) is 5.26 Å². The van der Waals surface area contributed by atoms with Gasteiger partial charge in [0.25, 0.3) is 0 Å². The van der Waals surface area contributed by atoms with Crippen LogP contribution in [-0.4, -0.2) is 26.3 Å². The van der Waals surface area contributed by atoms with Crippen molar-refractivity contribution >= 4 is 12.0 Å². The largest absolute Gasteiger partial charge is 0.493 e. The fraction of sp³-hybridized carbons (Fsp3) is 0.250. The summed E-state index contributed by atoms with van der Waals surface area (Å²) in [5.41, 5.74) is 0.570. The Hall–Kier alpha value is -2.74. The van der Waals surface area contributed by atoms with Crippen molar-refractivity contribution in [3.05, 3.63) is 42.0 Å². The molecule has 0 saturated carbocycles. The van der Waals surface area contributed by atoms with E-state index in [-0.39, 0.29) is 12.2 Å². The molecule has 1 rings (SSSR count). The number of ether oxygens (including phenoxy) is 3. The number of nitriles is 1. The summed E-state index contributed by atoms with van der Waals surface area (Å²) in [5.74, 6) is 0.418. The molecule has 0 aliphatic rings. The average Bonchev–Trinajstić information content (AvgIpc) is 2.51. The third kappa shape index (κ3) is 4.69. The van der Waals surface area contributed by atoms with E-state index in [0.717, 1.165) is 0 Å². The zero-order valence-electron chi connectivity index (χ0n) is 12.1. The monoisotopic (exact) mass is 287 g/mol. The fourth-order valence-electron chi connectivity index (χ4n) is 1.55. The summed E-state index contributed by atoms with van der Waals surface area (Å²) in [4.78, 5) is 11.6. The number of methoxy groups -OCH3 is 1. The molecule has 0 saturated heterocycles. The molecule has 1 aromatic rings. The molecule has 0 fully saturated rings. The molecular weight excluding hydrogens is 270 g/mol. The molecule has 0 amide bonds. The van der Waals surface area contributed by atoms with Crippen LogP contribution in [0.4, 0.5) is 0 Å². The molecule has 0 bridgehead atoms. The minimum atomic E-state index is -0.647. The van der Waals surface area contributed by atoms with Crippen molar-refractivity contribution in [2.75, 3.05) is 20.3 Å². The van der Waals surface area contributed by atoms with Gasteiger partial charge in [0.15, 0.2) is 11.5 Å². The minimum absolute atomic E-state index is 0.0707. The summed E-state index contributed by atoms with van der Waals surface area (Å²) in [5, 5.41) is 9.00. The highest BCUT2D eigenvalue weighted by molar-refractivity contribution is 5.97. The molecule has 0 aliphatic carbocycles. The van der Waals surface area contributed by atoms with Gasteiger partial charge in [-0.25, -0.2) is 4.79 Å². The van der Waals surface area contributed by atoms with Crippen molar-refractivity contribution < 1.29 is 19.0 Å². The normalized spacial score (nSPS) is 10.4. The molecular formula is C16H17NO4. The van der Waals surface area contributed by atoms with E-state index in [1.807, 2.05) is 6.07 Å². The quantitative estimate of drug-likeness (QED) is 0.334. The molecule has 0 atom stereocenters. The van der Waals surface area contributed by atoms with Gasteiger partial charge in [-0.05, 0) is 30.7 Å². The van der Waals surface area contributed by atoms with E-state index < -0.39 is 5.97 Å². The Morgan fingerprint density at radius 2 is 2.19 bits per heavy atom. The Balaban J connectivity index is 3.05. The molecule has 0 radical (unpaired) electrons. The predicted octanol–water partition coefficient (Wildman–Crippen LogP) is 2.73. The summed E-state index contributed by atoms with van der Waals surface area (Å²) >= 11 is 0. The molecule has 1 aromatic carbocycles. The Labute approximate surface area is 124 Å². The van der Waals surface area contributed by atoms with Crippen molar-refractivity contribution in [3.8, 4) is 17.6 Å². The highest BCUT2D eigenvalue weighted by Crippen LogP contribution is 2.29. The van der Waals surface area contributed by atoms with Gasteiger partial charge in [-0.1, -0.05) is 18.7 Å². The highest BCUT2D eigenvalue weighted by atomic mass is 16.5. The zero-order valence-corrected chi connectivity index (χ0v) is 12.1. The minimum Gasteiger partial charge on any atom is -0.493 e. The van der Waals surface area contributed by atoms with Crippen LogP contribution in [0.5, 0.6) is 11.5 Å². The molecule has 21 heavy (non-hydrogen) atoms. The van der Waals surface area contributed by atoms with Crippen LogP contribution in [0.1, 0.15) is 12.5 Å². The number of nitrogens with zero attached hydrogens (tertiary/aromatic N) is 1. The van der Waals surface area contributed by atoms with E-state index in [1.165, 1.54) is 13.2 Å². The van der Waals surface area contributed by atoms with Crippen molar-refractivity contribution in [2.45, 2.75) is 6.92 Å². The molecule has 110 valence electrons. The third-order valence-corrected chi connectivity index (χ3v) is 2.47. The Kier molecular flexibility index (Phi) is 6.55. The van der Waals surface area contributed by atoms with Crippen LogP contribution in [-0.2, 0) is 9.53 Å². The van der Waals surface area contributed by atoms with Crippen LogP contribution >= 0.6 is 0 Å². The second-order valence-electron chi connectivity index (χ2n) is 3.90. The lowest BCUT2D eigenvalue weighted by Gasteiger charge is -2.10. The summed E-state index contributed by atoms with van der Waals surface area (Å²) in [6.07, 6.45) is 3.07. The summed E-state index contributed by atoms with van der Waals surface area (Å²) < 4.78 is 15.5. The second-order valence-corrected chi connectivity index (χ2v) is 3.90. The van der Waals surface area contributed by atoms with Gasteiger partial charge in [0, 0.05) is 0 Å². The lowest BCUT2D eigenvalue weighted by molar-refractivity contribution is -0.137.